The van der Waals surface area contributed by atoms with Crippen LogP contribution in [-0.2, 0) is 16.4 Å². The lowest BCUT2D eigenvalue weighted by molar-refractivity contribution is 0.379. The van der Waals surface area contributed by atoms with Crippen LogP contribution in [0.1, 0.15) is 12.5 Å². The van der Waals surface area contributed by atoms with Crippen molar-refractivity contribution < 1.29 is 22.6 Å². The molecule has 6 nitrogen and oxygen atoms in total. The van der Waals surface area contributed by atoms with Crippen molar-refractivity contribution in [3.63, 3.8) is 0 Å². The van der Waals surface area contributed by atoms with Crippen molar-refractivity contribution >= 4 is 27.3 Å². The smallest absolute Gasteiger partial charge is 0.262 e. The van der Waals surface area contributed by atoms with Gasteiger partial charge < -0.3 is 14.2 Å². The number of rotatable bonds is 8. The fourth-order valence-electron chi connectivity index (χ4n) is 2.89. The van der Waals surface area contributed by atoms with Gasteiger partial charge in [0, 0.05) is 5.02 Å². The van der Waals surface area contributed by atoms with Gasteiger partial charge in [-0.25, -0.2) is 8.42 Å². The first-order chi connectivity index (χ1) is 14.4. The minimum absolute atomic E-state index is 0.114. The summed E-state index contributed by atoms with van der Waals surface area (Å²) in [7, 11) is -0.813. The van der Waals surface area contributed by atoms with Gasteiger partial charge in [-0.3, -0.25) is 4.72 Å². The topological polar surface area (TPSA) is 73.9 Å². The van der Waals surface area contributed by atoms with Crippen LogP contribution in [0.15, 0.2) is 65.6 Å². The van der Waals surface area contributed by atoms with E-state index in [-0.39, 0.29) is 16.3 Å². The molecule has 3 aromatic carbocycles. The van der Waals surface area contributed by atoms with Gasteiger partial charge in [0.1, 0.15) is 5.75 Å². The summed E-state index contributed by atoms with van der Waals surface area (Å²) < 4.78 is 45.1. The molecule has 0 saturated heterocycles. The molecule has 0 radical (unpaired) electrons. The van der Waals surface area contributed by atoms with Gasteiger partial charge in [0.05, 0.1) is 24.8 Å². The monoisotopic (exact) mass is 447 g/mol. The average Bonchev–Trinajstić information content (AvgIpc) is 2.75. The number of benzene rings is 3. The van der Waals surface area contributed by atoms with E-state index in [0.29, 0.717) is 28.7 Å². The van der Waals surface area contributed by atoms with Crippen molar-refractivity contribution in [1.82, 2.24) is 0 Å². The maximum Gasteiger partial charge on any atom is 0.262 e. The highest BCUT2D eigenvalue weighted by Crippen LogP contribution is 2.37. The number of anilines is 1. The zero-order valence-corrected chi connectivity index (χ0v) is 18.4. The Morgan fingerprint density at radius 3 is 2.20 bits per heavy atom. The second kappa shape index (κ2) is 9.28. The quantitative estimate of drug-likeness (QED) is 0.492. The second-order valence-electron chi connectivity index (χ2n) is 6.33. The number of nitrogens with one attached hydrogen (secondary N) is 1. The zero-order chi connectivity index (χ0) is 21.7. The zero-order valence-electron chi connectivity index (χ0n) is 16.8. The van der Waals surface area contributed by atoms with Crippen LogP contribution in [0.2, 0.25) is 5.02 Å². The van der Waals surface area contributed by atoms with Gasteiger partial charge in [-0.15, -0.1) is 0 Å². The molecule has 0 fully saturated rings. The van der Waals surface area contributed by atoms with E-state index < -0.39 is 10.0 Å². The molecule has 0 aromatic heterocycles. The molecule has 0 aliphatic rings. The van der Waals surface area contributed by atoms with E-state index in [1.54, 1.807) is 49.6 Å². The number of aryl methyl sites for hydroxylation is 1. The molecule has 1 N–H and O–H groups in total. The van der Waals surface area contributed by atoms with E-state index in [2.05, 4.69) is 4.72 Å². The number of methoxy groups -OCH3 is 2. The van der Waals surface area contributed by atoms with Crippen molar-refractivity contribution in [2.45, 2.75) is 18.2 Å². The van der Waals surface area contributed by atoms with E-state index in [1.807, 2.05) is 13.0 Å². The summed E-state index contributed by atoms with van der Waals surface area (Å²) in [5.41, 5.74) is 0.999. The van der Waals surface area contributed by atoms with E-state index >= 15 is 0 Å². The summed E-state index contributed by atoms with van der Waals surface area (Å²) in [6.07, 6.45) is 0.631. The number of ether oxygens (including phenoxy) is 3. The highest BCUT2D eigenvalue weighted by Gasteiger charge is 2.19. The van der Waals surface area contributed by atoms with Gasteiger partial charge in [0.15, 0.2) is 17.2 Å². The van der Waals surface area contributed by atoms with Crippen molar-refractivity contribution in [2.24, 2.45) is 0 Å². The third kappa shape index (κ3) is 4.80. The van der Waals surface area contributed by atoms with E-state index in [9.17, 15) is 8.42 Å². The third-order valence-corrected chi connectivity index (χ3v) is 6.02. The Morgan fingerprint density at radius 1 is 0.867 bits per heavy atom. The lowest BCUT2D eigenvalue weighted by atomic mass is 10.1. The maximum absolute atomic E-state index is 13.0. The summed E-state index contributed by atoms with van der Waals surface area (Å²) in [5.74, 6) is 1.89. The molecular weight excluding hydrogens is 426 g/mol. The standard InChI is InChI=1S/C22H22ClNO5S/c1-4-15-13-17(10-12-19(15)27-2)30(25,26)24-18-14-16(23)9-11-20(18)29-22-8-6-5-7-21(22)28-3/h5-14,24H,4H2,1-3H3. The highest BCUT2D eigenvalue weighted by atomic mass is 35.5. The van der Waals surface area contributed by atoms with Gasteiger partial charge in [0.2, 0.25) is 0 Å². The normalized spacial score (nSPS) is 11.1. The maximum atomic E-state index is 13.0. The molecule has 8 heteroatoms. The molecule has 0 atom stereocenters. The molecule has 0 heterocycles. The highest BCUT2D eigenvalue weighted by molar-refractivity contribution is 7.92. The van der Waals surface area contributed by atoms with Gasteiger partial charge in [-0.1, -0.05) is 30.7 Å². The third-order valence-electron chi connectivity index (χ3n) is 4.42. The van der Waals surface area contributed by atoms with Crippen molar-refractivity contribution in [3.05, 3.63) is 71.2 Å². The molecule has 0 saturated carbocycles. The molecule has 0 unspecified atom stereocenters. The molecule has 3 rings (SSSR count). The van der Waals surface area contributed by atoms with Crippen LogP contribution < -0.4 is 18.9 Å². The Labute approximate surface area is 181 Å². The van der Waals surface area contributed by atoms with Gasteiger partial charge in [0.25, 0.3) is 10.0 Å². The van der Waals surface area contributed by atoms with Gasteiger partial charge in [-0.2, -0.15) is 0 Å². The Hall–Kier alpha value is -2.90. The predicted molar refractivity (Wildman–Crippen MR) is 118 cm³/mol. The Bertz CT molecular complexity index is 1150. The van der Waals surface area contributed by atoms with Gasteiger partial charge >= 0.3 is 0 Å². The SMILES string of the molecule is CCc1cc(S(=O)(=O)Nc2cc(Cl)ccc2Oc2ccccc2OC)ccc1OC. The van der Waals surface area contributed by atoms with Crippen LogP contribution in [0.3, 0.4) is 0 Å². The Kier molecular flexibility index (Phi) is 6.74. The summed E-state index contributed by atoms with van der Waals surface area (Å²) in [5, 5.41) is 0.365. The Balaban J connectivity index is 1.97. The van der Waals surface area contributed by atoms with Crippen LogP contribution in [0.25, 0.3) is 0 Å². The fourth-order valence-corrected chi connectivity index (χ4v) is 4.18. The molecule has 0 aliphatic heterocycles. The predicted octanol–water partition coefficient (Wildman–Crippen LogP) is 5.51. The number of hydrogen-bond acceptors (Lipinski definition) is 5. The first-order valence-electron chi connectivity index (χ1n) is 9.18. The van der Waals surface area contributed by atoms with Crippen molar-refractivity contribution in [2.75, 3.05) is 18.9 Å². The van der Waals surface area contributed by atoms with Crippen LogP contribution in [0.5, 0.6) is 23.0 Å². The molecule has 0 aliphatic carbocycles. The van der Waals surface area contributed by atoms with E-state index in [0.717, 1.165) is 5.56 Å². The molecule has 30 heavy (non-hydrogen) atoms. The molecule has 0 bridgehead atoms. The summed E-state index contributed by atoms with van der Waals surface area (Å²) >= 11 is 6.11. The second-order valence-corrected chi connectivity index (χ2v) is 8.44. The number of sulfonamides is 1. The first-order valence-corrected chi connectivity index (χ1v) is 11.0. The minimum atomic E-state index is -3.89. The molecule has 0 spiro atoms. The average molecular weight is 448 g/mol. The van der Waals surface area contributed by atoms with Crippen molar-refractivity contribution in [3.8, 4) is 23.0 Å². The van der Waals surface area contributed by atoms with Crippen LogP contribution >= 0.6 is 11.6 Å². The largest absolute Gasteiger partial charge is 0.496 e. The van der Waals surface area contributed by atoms with Crippen LogP contribution in [0, 0.1) is 0 Å². The first kappa shape index (κ1) is 21.8. The molecule has 0 amide bonds. The lowest BCUT2D eigenvalue weighted by Gasteiger charge is -2.16. The lowest BCUT2D eigenvalue weighted by Crippen LogP contribution is -2.14. The summed E-state index contributed by atoms with van der Waals surface area (Å²) in [6.45, 7) is 1.93. The Morgan fingerprint density at radius 2 is 1.53 bits per heavy atom. The van der Waals surface area contributed by atoms with Crippen LogP contribution in [-0.4, -0.2) is 22.6 Å². The minimum Gasteiger partial charge on any atom is -0.496 e. The van der Waals surface area contributed by atoms with E-state index in [4.69, 9.17) is 25.8 Å². The van der Waals surface area contributed by atoms with Crippen molar-refractivity contribution in [1.29, 1.82) is 0 Å². The van der Waals surface area contributed by atoms with Crippen LogP contribution in [0.4, 0.5) is 5.69 Å². The molecular formula is C22H22ClNO5S. The fraction of sp³-hybridized carbons (Fsp3) is 0.182. The molecule has 158 valence electrons. The van der Waals surface area contributed by atoms with Gasteiger partial charge in [-0.05, 0) is 60.5 Å². The number of halogens is 1. The number of hydrogen-bond donors (Lipinski definition) is 1. The molecule has 3 aromatic rings. The summed E-state index contributed by atoms with van der Waals surface area (Å²) in [4.78, 5) is 0.114. The number of para-hydroxylation sites is 2. The summed E-state index contributed by atoms with van der Waals surface area (Å²) in [6, 6.07) is 16.5. The van der Waals surface area contributed by atoms with E-state index in [1.165, 1.54) is 19.2 Å².